The van der Waals surface area contributed by atoms with Gasteiger partial charge in [0.15, 0.2) is 0 Å². The highest BCUT2D eigenvalue weighted by molar-refractivity contribution is 6.34. The number of aromatic nitrogens is 8. The average Bonchev–Trinajstić information content (AvgIpc) is 3.63. The lowest BCUT2D eigenvalue weighted by molar-refractivity contribution is 0.0513. The van der Waals surface area contributed by atoms with Crippen LogP contribution in [0.4, 0.5) is 10.1 Å². The minimum absolute atomic E-state index is 0.0170. The summed E-state index contributed by atoms with van der Waals surface area (Å²) in [5.74, 6) is -1.05. The molecule has 1 unspecified atom stereocenters. The van der Waals surface area contributed by atoms with Gasteiger partial charge in [-0.2, -0.15) is 15.0 Å². The number of tetrazole rings is 1. The molecule has 4 aromatic heterocycles. The highest BCUT2D eigenvalue weighted by Crippen LogP contribution is 2.31. The van der Waals surface area contributed by atoms with Crippen molar-refractivity contribution in [1.82, 2.24) is 39.6 Å². The van der Waals surface area contributed by atoms with Gasteiger partial charge in [-0.25, -0.2) is 8.91 Å². The van der Waals surface area contributed by atoms with Crippen LogP contribution in [0.3, 0.4) is 0 Å². The molecule has 5 rings (SSSR count). The molecule has 12 nitrogen and oxygen atoms in total. The molecule has 5 aromatic rings. The van der Waals surface area contributed by atoms with Gasteiger partial charge in [0.05, 0.1) is 65.0 Å². The molecule has 0 fully saturated rings. The third-order valence-electron chi connectivity index (χ3n) is 6.06. The summed E-state index contributed by atoms with van der Waals surface area (Å²) in [5, 5.41) is 33.4. The van der Waals surface area contributed by atoms with Crippen molar-refractivity contribution in [3.05, 3.63) is 65.0 Å². The van der Waals surface area contributed by atoms with Crippen molar-refractivity contribution in [2.24, 2.45) is 0 Å². The van der Waals surface area contributed by atoms with Gasteiger partial charge in [0, 0.05) is 25.1 Å². The molecule has 0 aliphatic carbocycles. The van der Waals surface area contributed by atoms with E-state index in [9.17, 15) is 14.3 Å². The highest BCUT2D eigenvalue weighted by atomic mass is 35.5. The van der Waals surface area contributed by atoms with Crippen molar-refractivity contribution in [2.75, 3.05) is 19.0 Å². The molecule has 0 saturated heterocycles. The Balaban J connectivity index is 1.43. The number of hydrogen-bond acceptors (Lipinski definition) is 8. The molecule has 4 heterocycles. The summed E-state index contributed by atoms with van der Waals surface area (Å²) in [4.78, 5) is 14.6. The topological polar surface area (TPSA) is 137 Å². The summed E-state index contributed by atoms with van der Waals surface area (Å²) in [6, 6.07) is 6.16. The third kappa shape index (κ3) is 5.37. The first-order valence-electron chi connectivity index (χ1n) is 12.0. The van der Waals surface area contributed by atoms with E-state index in [0.717, 1.165) is 22.9 Å². The Morgan fingerprint density at radius 3 is 2.82 bits per heavy atom. The average molecular weight is 554 g/mol. The van der Waals surface area contributed by atoms with Gasteiger partial charge >= 0.3 is 0 Å². The van der Waals surface area contributed by atoms with E-state index in [-0.39, 0.29) is 40.8 Å². The summed E-state index contributed by atoms with van der Waals surface area (Å²) in [7, 11) is 1.52. The van der Waals surface area contributed by atoms with E-state index in [2.05, 4.69) is 30.9 Å². The molecule has 14 heteroatoms. The highest BCUT2D eigenvalue weighted by Gasteiger charge is 2.20. The van der Waals surface area contributed by atoms with Crippen LogP contribution < -0.4 is 5.32 Å². The minimum Gasteiger partial charge on any atom is -0.389 e. The summed E-state index contributed by atoms with van der Waals surface area (Å²) in [5.41, 5.74) is 3.49. The van der Waals surface area contributed by atoms with Crippen LogP contribution in [0.25, 0.3) is 28.0 Å². The van der Waals surface area contributed by atoms with Gasteiger partial charge in [-0.05, 0) is 48.9 Å². The maximum Gasteiger partial charge on any atom is 0.259 e. The Labute approximate surface area is 227 Å². The number of aryl methyl sites for hydroxylation is 2. The Morgan fingerprint density at radius 1 is 1.26 bits per heavy atom. The van der Waals surface area contributed by atoms with Gasteiger partial charge < -0.3 is 15.2 Å². The van der Waals surface area contributed by atoms with Gasteiger partial charge in [-0.3, -0.25) is 9.48 Å². The predicted molar refractivity (Wildman–Crippen MR) is 141 cm³/mol. The number of carbonyl (C=O) groups is 1. The standard InChI is InChI=1S/C25H25ClFN9O3/c1-4-36-32-24(30-33-36)17-8-22(20(26)9-21(17)27)29-25(38)18-10-28-35-6-5-15(7-23(18)35)19-12-34(31-14(19)2)11-16(37)13-39-3/h5-10,12,16,37H,4,11,13H2,1-3H3,(H,29,38). The summed E-state index contributed by atoms with van der Waals surface area (Å²) < 4.78 is 22.9. The number of anilines is 1. The summed E-state index contributed by atoms with van der Waals surface area (Å²) in [6.07, 6.45) is 4.32. The first-order chi connectivity index (χ1) is 18.8. The maximum atomic E-state index is 14.6. The predicted octanol–water partition coefficient (Wildman–Crippen LogP) is 3.23. The number of pyridine rings is 1. The van der Waals surface area contributed by atoms with E-state index in [1.54, 1.807) is 15.4 Å². The number of fused-ring (bicyclic) bond motifs is 1. The van der Waals surface area contributed by atoms with E-state index in [0.29, 0.717) is 12.1 Å². The van der Waals surface area contributed by atoms with E-state index < -0.39 is 17.8 Å². The molecule has 202 valence electrons. The third-order valence-corrected chi connectivity index (χ3v) is 6.37. The van der Waals surface area contributed by atoms with Crippen molar-refractivity contribution in [3.63, 3.8) is 0 Å². The number of benzene rings is 1. The first kappa shape index (κ1) is 26.4. The second kappa shape index (κ2) is 10.9. The second-order valence-corrected chi connectivity index (χ2v) is 9.24. The molecule has 0 saturated carbocycles. The van der Waals surface area contributed by atoms with Crippen LogP contribution in [0.1, 0.15) is 23.0 Å². The quantitative estimate of drug-likeness (QED) is 0.284. The number of hydrogen-bond donors (Lipinski definition) is 2. The van der Waals surface area contributed by atoms with Crippen LogP contribution in [-0.4, -0.2) is 70.4 Å². The van der Waals surface area contributed by atoms with Crippen LogP contribution in [0.15, 0.2) is 42.9 Å². The van der Waals surface area contributed by atoms with Crippen LogP contribution in [-0.2, 0) is 17.8 Å². The molecule has 0 aliphatic rings. The molecular weight excluding hydrogens is 529 g/mol. The fraction of sp³-hybridized carbons (Fsp3) is 0.280. The first-order valence-corrected chi connectivity index (χ1v) is 12.4. The fourth-order valence-electron chi connectivity index (χ4n) is 4.17. The smallest absolute Gasteiger partial charge is 0.259 e. The molecule has 2 N–H and O–H groups in total. The monoisotopic (exact) mass is 553 g/mol. The number of nitrogens with zero attached hydrogens (tertiary/aromatic N) is 8. The number of aliphatic hydroxyl groups is 1. The zero-order chi connectivity index (χ0) is 27.7. The van der Waals surface area contributed by atoms with Gasteiger partial charge in [-0.1, -0.05) is 11.6 Å². The molecule has 0 bridgehead atoms. The molecule has 0 spiro atoms. The number of methoxy groups -OCH3 is 1. The normalized spacial score (nSPS) is 12.3. The Bertz CT molecular complexity index is 1660. The molecular formula is C25H25ClFN9O3. The van der Waals surface area contributed by atoms with Gasteiger partial charge in [0.1, 0.15) is 5.82 Å². The van der Waals surface area contributed by atoms with E-state index in [4.69, 9.17) is 16.3 Å². The van der Waals surface area contributed by atoms with Crippen molar-refractivity contribution in [3.8, 4) is 22.5 Å². The van der Waals surface area contributed by atoms with Gasteiger partial charge in [0.25, 0.3) is 5.91 Å². The van der Waals surface area contributed by atoms with Crippen molar-refractivity contribution >= 4 is 28.7 Å². The van der Waals surface area contributed by atoms with Crippen molar-refractivity contribution in [2.45, 2.75) is 33.0 Å². The largest absolute Gasteiger partial charge is 0.389 e. The van der Waals surface area contributed by atoms with Crippen molar-refractivity contribution in [1.29, 1.82) is 0 Å². The fourth-order valence-corrected chi connectivity index (χ4v) is 4.37. The zero-order valence-corrected chi connectivity index (χ0v) is 22.1. The number of aliphatic hydroxyl groups excluding tert-OH is 1. The van der Waals surface area contributed by atoms with Crippen LogP contribution in [0.2, 0.25) is 5.02 Å². The summed E-state index contributed by atoms with van der Waals surface area (Å²) in [6.45, 7) is 4.65. The summed E-state index contributed by atoms with van der Waals surface area (Å²) >= 11 is 6.25. The number of nitrogens with one attached hydrogen (secondary N) is 1. The number of carbonyl (C=O) groups excluding carboxylic acids is 1. The number of ether oxygens (including phenoxy) is 1. The Hall–Kier alpha value is -4.20. The minimum atomic E-state index is -0.692. The van der Waals surface area contributed by atoms with Crippen molar-refractivity contribution < 1.29 is 19.0 Å². The second-order valence-electron chi connectivity index (χ2n) is 8.83. The van der Waals surface area contributed by atoms with E-state index in [1.807, 2.05) is 32.2 Å². The zero-order valence-electron chi connectivity index (χ0n) is 21.3. The van der Waals surface area contributed by atoms with E-state index in [1.165, 1.54) is 24.2 Å². The Kier molecular flexibility index (Phi) is 7.37. The number of amides is 1. The maximum absolute atomic E-state index is 14.6. The number of rotatable bonds is 9. The molecule has 0 aliphatic heterocycles. The van der Waals surface area contributed by atoms with Crippen LogP contribution in [0, 0.1) is 12.7 Å². The van der Waals surface area contributed by atoms with Gasteiger partial charge in [0.2, 0.25) is 5.82 Å². The Morgan fingerprint density at radius 2 is 2.08 bits per heavy atom. The lowest BCUT2D eigenvalue weighted by atomic mass is 10.1. The van der Waals surface area contributed by atoms with Crippen LogP contribution in [0.5, 0.6) is 0 Å². The lowest BCUT2D eigenvalue weighted by Gasteiger charge is -2.09. The van der Waals surface area contributed by atoms with Crippen LogP contribution >= 0.6 is 11.6 Å². The van der Waals surface area contributed by atoms with E-state index >= 15 is 0 Å². The SMILES string of the molecule is CCn1nnc(-c2cc(NC(=O)c3cnn4ccc(-c5cn(CC(O)COC)nc5C)cc34)c(Cl)cc2F)n1. The molecule has 1 atom stereocenters. The lowest BCUT2D eigenvalue weighted by Crippen LogP contribution is -2.21. The number of halogens is 2. The molecule has 1 amide bonds. The molecule has 1 aromatic carbocycles. The van der Waals surface area contributed by atoms with Gasteiger partial charge in [-0.15, -0.1) is 10.2 Å². The molecule has 0 radical (unpaired) electrons. The molecule has 39 heavy (non-hydrogen) atoms.